The van der Waals surface area contributed by atoms with E-state index >= 15 is 0 Å². The number of benzene rings is 2. The van der Waals surface area contributed by atoms with E-state index in [1.807, 2.05) is 6.07 Å². The fourth-order valence-corrected chi connectivity index (χ4v) is 3.97. The summed E-state index contributed by atoms with van der Waals surface area (Å²) in [6.07, 6.45) is 0.971. The third-order valence-corrected chi connectivity index (χ3v) is 5.74. The molecular weight excluding hydrogens is 370 g/mol. The molecular formula is C22H26N3O2S+. The Morgan fingerprint density at radius 1 is 1.07 bits per heavy atom. The second-order valence-electron chi connectivity index (χ2n) is 7.20. The molecule has 0 fully saturated rings. The number of nitrogens with one attached hydrogen (secondary N) is 1. The Morgan fingerprint density at radius 2 is 1.75 bits per heavy atom. The van der Waals surface area contributed by atoms with Crippen molar-refractivity contribution in [2.45, 2.75) is 20.3 Å². The zero-order valence-corrected chi connectivity index (χ0v) is 17.6. The van der Waals surface area contributed by atoms with Gasteiger partial charge in [-0.25, -0.2) is 4.98 Å². The van der Waals surface area contributed by atoms with Gasteiger partial charge < -0.3 is 4.90 Å². The van der Waals surface area contributed by atoms with E-state index in [-0.39, 0.29) is 11.7 Å². The smallest absolute Gasteiger partial charge is 0.260 e. The van der Waals surface area contributed by atoms with Crippen molar-refractivity contribution in [2.24, 2.45) is 0 Å². The molecule has 1 amide bonds. The maximum Gasteiger partial charge on any atom is 0.260 e. The highest BCUT2D eigenvalue weighted by atomic mass is 32.1. The molecule has 0 unspecified atom stereocenters. The van der Waals surface area contributed by atoms with E-state index in [4.69, 9.17) is 4.98 Å². The Labute approximate surface area is 169 Å². The average Bonchev–Trinajstić information content (AvgIpc) is 3.10. The minimum atomic E-state index is -0.0916. The quantitative estimate of drug-likeness (QED) is 0.625. The minimum Gasteiger partial charge on any atom is -0.338 e. The van der Waals surface area contributed by atoms with Gasteiger partial charge in [0.05, 0.1) is 37.4 Å². The second-order valence-corrected chi connectivity index (χ2v) is 8.21. The number of thiazole rings is 1. The number of ketones is 1. The molecule has 0 aliphatic carbocycles. The van der Waals surface area contributed by atoms with Gasteiger partial charge in [0.1, 0.15) is 0 Å². The lowest BCUT2D eigenvalue weighted by Crippen LogP contribution is -3.06. The molecule has 5 nitrogen and oxygen atoms in total. The van der Waals surface area contributed by atoms with Crippen LogP contribution in [-0.2, 0) is 6.42 Å². The lowest BCUT2D eigenvalue weighted by atomic mass is 10.1. The molecule has 0 bridgehead atoms. The van der Waals surface area contributed by atoms with Crippen LogP contribution in [0.2, 0.25) is 0 Å². The number of hydrogen-bond donors (Lipinski definition) is 1. The van der Waals surface area contributed by atoms with E-state index in [2.05, 4.69) is 33.2 Å². The largest absolute Gasteiger partial charge is 0.338 e. The summed E-state index contributed by atoms with van der Waals surface area (Å²) in [5.41, 5.74) is 3.34. The van der Waals surface area contributed by atoms with E-state index in [1.54, 1.807) is 40.5 Å². The van der Waals surface area contributed by atoms with Gasteiger partial charge in [0, 0.05) is 11.1 Å². The summed E-state index contributed by atoms with van der Waals surface area (Å²) in [6.45, 7) is 5.04. The number of fused-ring (bicyclic) bond motifs is 1. The van der Waals surface area contributed by atoms with Crippen LogP contribution in [0.4, 0.5) is 5.13 Å². The standard InChI is InChI=1S/C22H25N3O2S/c1-5-16-6-11-19-20(14-16)28-22(23-19)25(13-12-24(3)4)21(27)18-9-7-17(8-10-18)15(2)26/h6-11,14H,5,12-13H2,1-4H3/p+1. The molecule has 0 aliphatic rings. The number of aryl methyl sites for hydroxylation is 1. The van der Waals surface area contributed by atoms with Crippen molar-refractivity contribution < 1.29 is 14.5 Å². The zero-order chi connectivity index (χ0) is 20.3. The highest BCUT2D eigenvalue weighted by Crippen LogP contribution is 2.30. The SMILES string of the molecule is CCc1ccc2nc(N(CC[NH+](C)C)C(=O)c3ccc(C(C)=O)cc3)sc2c1. The number of amides is 1. The second kappa shape index (κ2) is 8.63. The summed E-state index contributed by atoms with van der Waals surface area (Å²) in [6, 6.07) is 13.1. The maximum atomic E-state index is 13.2. The van der Waals surface area contributed by atoms with Gasteiger partial charge in [-0.2, -0.15) is 0 Å². The monoisotopic (exact) mass is 396 g/mol. The van der Waals surface area contributed by atoms with Crippen molar-refractivity contribution in [2.75, 3.05) is 32.1 Å². The number of anilines is 1. The molecule has 6 heteroatoms. The zero-order valence-electron chi connectivity index (χ0n) is 16.8. The third kappa shape index (κ3) is 4.46. The fraction of sp³-hybridized carbons (Fsp3) is 0.318. The Morgan fingerprint density at radius 3 is 2.36 bits per heavy atom. The van der Waals surface area contributed by atoms with Gasteiger partial charge in [-0.15, -0.1) is 0 Å². The number of carbonyl (C=O) groups excluding carboxylic acids is 2. The Bertz CT molecular complexity index is 993. The van der Waals surface area contributed by atoms with Gasteiger partial charge in [-0.3, -0.25) is 14.5 Å². The van der Waals surface area contributed by atoms with E-state index in [1.165, 1.54) is 17.4 Å². The van der Waals surface area contributed by atoms with E-state index < -0.39 is 0 Å². The minimum absolute atomic E-state index is 0.00929. The molecule has 28 heavy (non-hydrogen) atoms. The molecule has 2 aromatic carbocycles. The van der Waals surface area contributed by atoms with Crippen molar-refractivity contribution in [1.29, 1.82) is 0 Å². The fourth-order valence-electron chi connectivity index (χ4n) is 2.92. The van der Waals surface area contributed by atoms with Crippen molar-refractivity contribution in [1.82, 2.24) is 4.98 Å². The molecule has 0 saturated heterocycles. The van der Waals surface area contributed by atoms with Crippen molar-refractivity contribution in [3.05, 3.63) is 59.2 Å². The van der Waals surface area contributed by atoms with Crippen molar-refractivity contribution in [3.8, 4) is 0 Å². The number of carbonyl (C=O) groups is 2. The molecule has 0 saturated carbocycles. The summed E-state index contributed by atoms with van der Waals surface area (Å²) >= 11 is 1.55. The molecule has 0 radical (unpaired) electrons. The Balaban J connectivity index is 1.95. The van der Waals surface area contributed by atoms with Gasteiger partial charge in [-0.1, -0.05) is 36.5 Å². The predicted molar refractivity (Wildman–Crippen MR) is 115 cm³/mol. The molecule has 1 aromatic heterocycles. The number of rotatable bonds is 7. The first-order chi connectivity index (χ1) is 13.4. The summed E-state index contributed by atoms with van der Waals surface area (Å²) in [5, 5.41) is 0.713. The summed E-state index contributed by atoms with van der Waals surface area (Å²) in [5.74, 6) is -0.101. The number of likely N-dealkylation sites (N-methyl/N-ethyl adjacent to an activating group) is 1. The Kier molecular flexibility index (Phi) is 6.21. The lowest BCUT2D eigenvalue weighted by molar-refractivity contribution is -0.856. The van der Waals surface area contributed by atoms with Crippen LogP contribution >= 0.6 is 11.3 Å². The van der Waals surface area contributed by atoms with Crippen molar-refractivity contribution >= 4 is 38.4 Å². The van der Waals surface area contributed by atoms with Crippen LogP contribution in [0.15, 0.2) is 42.5 Å². The first kappa shape index (κ1) is 20.2. The van der Waals surface area contributed by atoms with Gasteiger partial charge in [0.25, 0.3) is 5.91 Å². The highest BCUT2D eigenvalue weighted by molar-refractivity contribution is 7.22. The summed E-state index contributed by atoms with van der Waals surface area (Å²) < 4.78 is 1.09. The van der Waals surface area contributed by atoms with E-state index in [0.717, 1.165) is 23.2 Å². The summed E-state index contributed by atoms with van der Waals surface area (Å²) in [7, 11) is 4.13. The number of nitrogens with zero attached hydrogens (tertiary/aromatic N) is 2. The molecule has 0 atom stereocenters. The molecule has 0 spiro atoms. The van der Waals surface area contributed by atoms with Crippen LogP contribution in [-0.4, -0.2) is 43.9 Å². The molecule has 1 N–H and O–H groups in total. The van der Waals surface area contributed by atoms with Gasteiger partial charge >= 0.3 is 0 Å². The van der Waals surface area contributed by atoms with E-state index in [0.29, 0.717) is 22.8 Å². The highest BCUT2D eigenvalue weighted by Gasteiger charge is 2.22. The average molecular weight is 397 g/mol. The van der Waals surface area contributed by atoms with Gasteiger partial charge in [0.2, 0.25) is 0 Å². The van der Waals surface area contributed by atoms with Crippen LogP contribution in [0.5, 0.6) is 0 Å². The molecule has 146 valence electrons. The van der Waals surface area contributed by atoms with E-state index in [9.17, 15) is 9.59 Å². The predicted octanol–water partition coefficient (Wildman–Crippen LogP) is 2.85. The first-order valence-electron chi connectivity index (χ1n) is 9.50. The molecule has 0 aliphatic heterocycles. The topological polar surface area (TPSA) is 54.7 Å². The van der Waals surface area contributed by atoms with Gasteiger partial charge in [0.15, 0.2) is 10.9 Å². The Hall–Kier alpha value is -2.57. The number of Topliss-reactive ketones (excluding diaryl/α,β-unsaturated/α-hetero) is 1. The van der Waals surface area contributed by atoms with Crippen LogP contribution < -0.4 is 9.80 Å². The van der Waals surface area contributed by atoms with Crippen LogP contribution in [0.1, 0.15) is 40.1 Å². The van der Waals surface area contributed by atoms with Crippen LogP contribution in [0.3, 0.4) is 0 Å². The number of aromatic nitrogens is 1. The van der Waals surface area contributed by atoms with Crippen molar-refractivity contribution in [3.63, 3.8) is 0 Å². The van der Waals surface area contributed by atoms with Crippen LogP contribution in [0.25, 0.3) is 10.2 Å². The molecule has 1 heterocycles. The van der Waals surface area contributed by atoms with Gasteiger partial charge in [-0.05, 0) is 43.2 Å². The maximum absolute atomic E-state index is 13.2. The number of hydrogen-bond acceptors (Lipinski definition) is 4. The van der Waals surface area contributed by atoms with Crippen LogP contribution in [0, 0.1) is 0 Å². The normalized spacial score (nSPS) is 11.2. The third-order valence-electron chi connectivity index (χ3n) is 4.70. The lowest BCUT2D eigenvalue weighted by Gasteiger charge is -2.20. The number of quaternary nitrogens is 1. The molecule has 3 rings (SSSR count). The first-order valence-corrected chi connectivity index (χ1v) is 10.3. The molecule has 3 aromatic rings. The summed E-state index contributed by atoms with van der Waals surface area (Å²) in [4.78, 5) is 32.5.